The molecule has 6 heteroatoms. The average Bonchev–Trinajstić information content (AvgIpc) is 2.38. The zero-order valence-electron chi connectivity index (χ0n) is 10.4. The SMILES string of the molecule is C[NH+]1CCN(/N=C\c2ccc([N+](=O)[O-])cc2)CC1. The molecule has 1 saturated heterocycles. The number of quaternary nitrogens is 1. The summed E-state index contributed by atoms with van der Waals surface area (Å²) >= 11 is 0. The maximum Gasteiger partial charge on any atom is 0.269 e. The van der Waals surface area contributed by atoms with Crippen molar-refractivity contribution in [2.24, 2.45) is 5.10 Å². The van der Waals surface area contributed by atoms with Gasteiger partial charge in [-0.2, -0.15) is 5.10 Å². The molecule has 0 unspecified atom stereocenters. The first-order valence-corrected chi connectivity index (χ1v) is 6.00. The molecule has 0 amide bonds. The number of nitrogens with zero attached hydrogens (tertiary/aromatic N) is 3. The highest BCUT2D eigenvalue weighted by Crippen LogP contribution is 2.10. The van der Waals surface area contributed by atoms with E-state index in [0.29, 0.717) is 0 Å². The predicted octanol–water partition coefficient (Wildman–Crippen LogP) is -0.241. The molecule has 0 atom stereocenters. The number of benzene rings is 1. The lowest BCUT2D eigenvalue weighted by Crippen LogP contribution is -3.11. The van der Waals surface area contributed by atoms with E-state index in [-0.39, 0.29) is 5.69 Å². The molecule has 0 aliphatic carbocycles. The maximum absolute atomic E-state index is 10.5. The van der Waals surface area contributed by atoms with E-state index in [2.05, 4.69) is 12.1 Å². The second kappa shape index (κ2) is 5.59. The second-order valence-corrected chi connectivity index (χ2v) is 4.50. The lowest BCUT2D eigenvalue weighted by Gasteiger charge is -2.27. The van der Waals surface area contributed by atoms with Crippen LogP contribution in [0.25, 0.3) is 0 Å². The molecule has 0 aromatic heterocycles. The van der Waals surface area contributed by atoms with Gasteiger partial charge in [0.05, 0.1) is 44.4 Å². The normalized spacial score (nSPS) is 17.3. The molecule has 96 valence electrons. The molecule has 0 saturated carbocycles. The number of hydrogen-bond donors (Lipinski definition) is 1. The van der Waals surface area contributed by atoms with Crippen molar-refractivity contribution in [2.75, 3.05) is 33.2 Å². The minimum Gasteiger partial charge on any atom is -0.334 e. The van der Waals surface area contributed by atoms with E-state index in [4.69, 9.17) is 0 Å². The Morgan fingerprint density at radius 2 is 1.94 bits per heavy atom. The molecule has 1 fully saturated rings. The van der Waals surface area contributed by atoms with Crippen LogP contribution in [-0.4, -0.2) is 49.4 Å². The Bertz CT molecular complexity index is 436. The molecular weight excluding hydrogens is 232 g/mol. The van der Waals surface area contributed by atoms with Gasteiger partial charge in [0.2, 0.25) is 0 Å². The van der Waals surface area contributed by atoms with Crippen LogP contribution in [0.1, 0.15) is 5.56 Å². The summed E-state index contributed by atoms with van der Waals surface area (Å²) in [5.74, 6) is 0. The smallest absolute Gasteiger partial charge is 0.269 e. The molecule has 1 aromatic rings. The predicted molar refractivity (Wildman–Crippen MR) is 68.9 cm³/mol. The van der Waals surface area contributed by atoms with Crippen molar-refractivity contribution in [2.45, 2.75) is 0 Å². The van der Waals surface area contributed by atoms with Gasteiger partial charge in [0.15, 0.2) is 0 Å². The van der Waals surface area contributed by atoms with E-state index in [0.717, 1.165) is 31.7 Å². The lowest BCUT2D eigenvalue weighted by atomic mass is 10.2. The Morgan fingerprint density at radius 3 is 2.50 bits per heavy atom. The van der Waals surface area contributed by atoms with E-state index in [1.54, 1.807) is 18.3 Å². The third-order valence-corrected chi connectivity index (χ3v) is 3.07. The molecule has 0 spiro atoms. The number of nitro groups is 1. The van der Waals surface area contributed by atoms with Crippen LogP contribution < -0.4 is 4.90 Å². The van der Waals surface area contributed by atoms with Gasteiger partial charge in [-0.15, -0.1) is 0 Å². The van der Waals surface area contributed by atoms with Crippen LogP contribution in [0.3, 0.4) is 0 Å². The van der Waals surface area contributed by atoms with Crippen molar-refractivity contribution in [3.8, 4) is 0 Å². The van der Waals surface area contributed by atoms with Gasteiger partial charge in [0, 0.05) is 12.1 Å². The van der Waals surface area contributed by atoms with Crippen LogP contribution in [-0.2, 0) is 0 Å². The lowest BCUT2D eigenvalue weighted by molar-refractivity contribution is -0.884. The third-order valence-electron chi connectivity index (χ3n) is 3.07. The zero-order valence-corrected chi connectivity index (χ0v) is 10.4. The number of nitrogens with one attached hydrogen (secondary N) is 1. The summed E-state index contributed by atoms with van der Waals surface area (Å²) in [6.45, 7) is 4.10. The first kappa shape index (κ1) is 12.5. The van der Waals surface area contributed by atoms with Gasteiger partial charge < -0.3 is 4.90 Å². The van der Waals surface area contributed by atoms with Crippen LogP contribution in [0.5, 0.6) is 0 Å². The average molecular weight is 249 g/mol. The molecule has 1 N–H and O–H groups in total. The summed E-state index contributed by atoms with van der Waals surface area (Å²) in [5, 5.41) is 16.9. The maximum atomic E-state index is 10.5. The largest absolute Gasteiger partial charge is 0.334 e. The van der Waals surface area contributed by atoms with Crippen molar-refractivity contribution in [1.82, 2.24) is 5.01 Å². The molecular formula is C12H17N4O2+. The van der Waals surface area contributed by atoms with E-state index in [1.165, 1.54) is 17.0 Å². The molecule has 1 aliphatic heterocycles. The minimum absolute atomic E-state index is 0.107. The molecule has 0 radical (unpaired) electrons. The molecule has 6 nitrogen and oxygen atoms in total. The zero-order chi connectivity index (χ0) is 13.0. The number of nitro benzene ring substituents is 1. The van der Waals surface area contributed by atoms with Gasteiger partial charge in [-0.1, -0.05) is 0 Å². The van der Waals surface area contributed by atoms with E-state index < -0.39 is 4.92 Å². The molecule has 1 aromatic carbocycles. The summed E-state index contributed by atoms with van der Waals surface area (Å²) in [6.07, 6.45) is 1.75. The van der Waals surface area contributed by atoms with Crippen molar-refractivity contribution < 1.29 is 9.82 Å². The Morgan fingerprint density at radius 1 is 1.33 bits per heavy atom. The van der Waals surface area contributed by atoms with Gasteiger partial charge >= 0.3 is 0 Å². The monoisotopic (exact) mass is 249 g/mol. The van der Waals surface area contributed by atoms with Crippen molar-refractivity contribution in [1.29, 1.82) is 0 Å². The van der Waals surface area contributed by atoms with Crippen LogP contribution in [0.2, 0.25) is 0 Å². The van der Waals surface area contributed by atoms with Gasteiger partial charge in [-0.3, -0.25) is 15.1 Å². The quantitative estimate of drug-likeness (QED) is 0.457. The van der Waals surface area contributed by atoms with Crippen molar-refractivity contribution >= 4 is 11.9 Å². The van der Waals surface area contributed by atoms with Crippen LogP contribution in [0.4, 0.5) is 5.69 Å². The van der Waals surface area contributed by atoms with Gasteiger partial charge in [-0.25, -0.2) is 0 Å². The molecule has 1 heterocycles. The second-order valence-electron chi connectivity index (χ2n) is 4.50. The summed E-state index contributed by atoms with van der Waals surface area (Å²) in [6, 6.07) is 6.41. The van der Waals surface area contributed by atoms with Crippen LogP contribution in [0, 0.1) is 10.1 Å². The fourth-order valence-electron chi connectivity index (χ4n) is 1.82. The number of non-ortho nitro benzene ring substituents is 1. The number of rotatable bonds is 3. The van der Waals surface area contributed by atoms with E-state index in [9.17, 15) is 10.1 Å². The summed E-state index contributed by atoms with van der Waals surface area (Å²) in [7, 11) is 2.18. The number of likely N-dealkylation sites (N-methyl/N-ethyl adjacent to an activating group) is 1. The standard InChI is InChI=1S/C12H16N4O2/c1-14-6-8-15(9-7-14)13-10-11-2-4-12(5-3-11)16(17)18/h2-5,10H,6-9H2,1H3/p+1/b13-10-. The Balaban J connectivity index is 1.94. The molecule has 0 bridgehead atoms. The minimum atomic E-state index is -0.399. The first-order chi connectivity index (χ1) is 8.65. The fraction of sp³-hybridized carbons (Fsp3) is 0.417. The van der Waals surface area contributed by atoms with Crippen LogP contribution in [0.15, 0.2) is 29.4 Å². The molecule has 1 aliphatic rings. The third kappa shape index (κ3) is 3.27. The highest BCUT2D eigenvalue weighted by molar-refractivity contribution is 5.79. The molecule has 2 rings (SSSR count). The highest BCUT2D eigenvalue weighted by atomic mass is 16.6. The Hall–Kier alpha value is -1.95. The molecule has 18 heavy (non-hydrogen) atoms. The first-order valence-electron chi connectivity index (χ1n) is 6.00. The summed E-state index contributed by atoms with van der Waals surface area (Å²) in [5.41, 5.74) is 0.988. The van der Waals surface area contributed by atoms with Gasteiger partial charge in [-0.05, 0) is 17.7 Å². The number of hydrogen-bond acceptors (Lipinski definition) is 4. The van der Waals surface area contributed by atoms with E-state index in [1.807, 2.05) is 5.01 Å². The van der Waals surface area contributed by atoms with Crippen LogP contribution >= 0.6 is 0 Å². The number of piperazine rings is 1. The topological polar surface area (TPSA) is 63.2 Å². The van der Waals surface area contributed by atoms with Gasteiger partial charge in [0.1, 0.15) is 0 Å². The Labute approximate surface area is 106 Å². The summed E-state index contributed by atoms with van der Waals surface area (Å²) < 4.78 is 0. The fourth-order valence-corrected chi connectivity index (χ4v) is 1.82. The van der Waals surface area contributed by atoms with Crippen molar-refractivity contribution in [3.63, 3.8) is 0 Å². The summed E-state index contributed by atoms with van der Waals surface area (Å²) in [4.78, 5) is 11.6. The number of hydrazone groups is 1. The highest BCUT2D eigenvalue weighted by Gasteiger charge is 2.13. The van der Waals surface area contributed by atoms with Gasteiger partial charge in [0.25, 0.3) is 5.69 Å². The van der Waals surface area contributed by atoms with E-state index >= 15 is 0 Å². The Kier molecular flexibility index (Phi) is 3.88. The van der Waals surface area contributed by atoms with Crippen molar-refractivity contribution in [3.05, 3.63) is 39.9 Å².